The van der Waals surface area contributed by atoms with Crippen LogP contribution >= 0.6 is 0 Å². The van der Waals surface area contributed by atoms with Crippen LogP contribution in [0.3, 0.4) is 0 Å². The minimum absolute atomic E-state index is 0.244. The van der Waals surface area contributed by atoms with E-state index in [4.69, 9.17) is 0 Å². The monoisotopic (exact) mass is 296 g/mol. The normalized spacial score (nSPS) is 16.6. The maximum atomic E-state index is 11.4. The third kappa shape index (κ3) is 2.88. The molecule has 2 aromatic rings. The van der Waals surface area contributed by atoms with E-state index < -0.39 is 5.97 Å². The van der Waals surface area contributed by atoms with Crippen molar-refractivity contribution in [2.75, 3.05) is 13.1 Å². The van der Waals surface area contributed by atoms with Crippen molar-refractivity contribution in [3.8, 4) is 11.3 Å². The quantitative estimate of drug-likeness (QED) is 0.936. The number of carbonyl (C=O) groups is 1. The van der Waals surface area contributed by atoms with Crippen LogP contribution in [0.4, 0.5) is 0 Å². The van der Waals surface area contributed by atoms with Crippen molar-refractivity contribution >= 4 is 5.97 Å². The zero-order valence-corrected chi connectivity index (χ0v) is 12.7. The number of aromatic nitrogens is 1. The average molecular weight is 296 g/mol. The number of carboxylic acid groups (broad SMARTS) is 1. The molecule has 0 amide bonds. The predicted molar refractivity (Wildman–Crippen MR) is 85.9 cm³/mol. The lowest BCUT2D eigenvalue weighted by molar-refractivity contribution is 0.0697. The molecule has 3 rings (SSSR count). The Morgan fingerprint density at radius 1 is 1.23 bits per heavy atom. The molecule has 1 N–H and O–H groups in total. The van der Waals surface area contributed by atoms with Gasteiger partial charge in [0, 0.05) is 17.8 Å². The van der Waals surface area contributed by atoms with Crippen LogP contribution in [0.25, 0.3) is 11.3 Å². The Labute approximate surface area is 130 Å². The summed E-state index contributed by atoms with van der Waals surface area (Å²) < 4.78 is 0. The SMILES string of the molecule is CC(c1cccc(-c2ncccc2C(=O)O)c1)N1CCCC1. The highest BCUT2D eigenvalue weighted by Crippen LogP contribution is 2.28. The van der Waals surface area contributed by atoms with Crippen molar-refractivity contribution in [1.82, 2.24) is 9.88 Å². The summed E-state index contributed by atoms with van der Waals surface area (Å²) in [5.74, 6) is -0.943. The fourth-order valence-electron chi connectivity index (χ4n) is 3.09. The molecule has 2 heterocycles. The Hall–Kier alpha value is -2.20. The summed E-state index contributed by atoms with van der Waals surface area (Å²) in [6, 6.07) is 11.7. The lowest BCUT2D eigenvalue weighted by atomic mass is 10.00. The first-order valence-corrected chi connectivity index (χ1v) is 7.69. The largest absolute Gasteiger partial charge is 0.478 e. The van der Waals surface area contributed by atoms with Gasteiger partial charge in [0.1, 0.15) is 0 Å². The number of pyridine rings is 1. The fourth-order valence-corrected chi connectivity index (χ4v) is 3.09. The van der Waals surface area contributed by atoms with Gasteiger partial charge in [-0.1, -0.05) is 18.2 Å². The van der Waals surface area contributed by atoms with Crippen LogP contribution in [0.2, 0.25) is 0 Å². The molecule has 0 bridgehead atoms. The first-order valence-electron chi connectivity index (χ1n) is 7.69. The zero-order valence-electron chi connectivity index (χ0n) is 12.7. The van der Waals surface area contributed by atoms with Crippen LogP contribution in [0.1, 0.15) is 41.7 Å². The molecule has 0 aliphatic carbocycles. The lowest BCUT2D eigenvalue weighted by Crippen LogP contribution is -2.23. The first kappa shape index (κ1) is 14.7. The average Bonchev–Trinajstić information content (AvgIpc) is 3.08. The number of hydrogen-bond donors (Lipinski definition) is 1. The van der Waals surface area contributed by atoms with Gasteiger partial charge >= 0.3 is 5.97 Å². The molecule has 4 nitrogen and oxygen atoms in total. The van der Waals surface area contributed by atoms with E-state index in [1.165, 1.54) is 18.4 Å². The van der Waals surface area contributed by atoms with Crippen LogP contribution in [0, 0.1) is 0 Å². The molecule has 1 aromatic heterocycles. The number of carboxylic acids is 1. The predicted octanol–water partition coefficient (Wildman–Crippen LogP) is 3.60. The first-order chi connectivity index (χ1) is 10.7. The summed E-state index contributed by atoms with van der Waals surface area (Å²) in [6.07, 6.45) is 4.15. The number of likely N-dealkylation sites (tertiary alicyclic amines) is 1. The van der Waals surface area contributed by atoms with Crippen LogP contribution in [0.15, 0.2) is 42.6 Å². The molecule has 0 saturated carbocycles. The van der Waals surface area contributed by atoms with Crippen molar-refractivity contribution in [3.63, 3.8) is 0 Å². The van der Waals surface area contributed by atoms with Gasteiger partial charge in [-0.2, -0.15) is 0 Å². The number of benzene rings is 1. The van der Waals surface area contributed by atoms with Gasteiger partial charge in [-0.05, 0) is 56.6 Å². The van der Waals surface area contributed by atoms with Gasteiger partial charge in [0.15, 0.2) is 0 Å². The van der Waals surface area contributed by atoms with Gasteiger partial charge in [-0.25, -0.2) is 4.79 Å². The van der Waals surface area contributed by atoms with Crippen molar-refractivity contribution < 1.29 is 9.90 Å². The second-order valence-electron chi connectivity index (χ2n) is 5.75. The Morgan fingerprint density at radius 3 is 2.73 bits per heavy atom. The molecular weight excluding hydrogens is 276 g/mol. The molecule has 0 spiro atoms. The molecule has 114 valence electrons. The van der Waals surface area contributed by atoms with Crippen molar-refractivity contribution in [2.45, 2.75) is 25.8 Å². The maximum Gasteiger partial charge on any atom is 0.337 e. The summed E-state index contributed by atoms with van der Waals surface area (Å²) in [6.45, 7) is 4.48. The van der Waals surface area contributed by atoms with Gasteiger partial charge in [-0.3, -0.25) is 9.88 Å². The molecule has 1 fully saturated rings. The van der Waals surface area contributed by atoms with Crippen LogP contribution in [0.5, 0.6) is 0 Å². The van der Waals surface area contributed by atoms with E-state index >= 15 is 0 Å². The van der Waals surface area contributed by atoms with Crippen LogP contribution < -0.4 is 0 Å². The number of nitrogens with zero attached hydrogens (tertiary/aromatic N) is 2. The molecule has 1 atom stereocenters. The standard InChI is InChI=1S/C18H20N2O2/c1-13(20-10-2-3-11-20)14-6-4-7-15(12-14)17-16(18(21)22)8-5-9-19-17/h4-9,12-13H,2-3,10-11H2,1H3,(H,21,22). The van der Waals surface area contributed by atoms with Gasteiger partial charge in [0.25, 0.3) is 0 Å². The number of rotatable bonds is 4. The highest BCUT2D eigenvalue weighted by Gasteiger charge is 2.20. The molecule has 4 heteroatoms. The molecule has 0 radical (unpaired) electrons. The summed E-state index contributed by atoms with van der Waals surface area (Å²) in [5, 5.41) is 9.33. The minimum Gasteiger partial charge on any atom is -0.478 e. The van der Waals surface area contributed by atoms with Crippen LogP contribution in [-0.2, 0) is 0 Å². The Kier molecular flexibility index (Phi) is 4.20. The van der Waals surface area contributed by atoms with E-state index in [-0.39, 0.29) is 5.56 Å². The number of hydrogen-bond acceptors (Lipinski definition) is 3. The van der Waals surface area contributed by atoms with E-state index in [0.29, 0.717) is 11.7 Å². The Morgan fingerprint density at radius 2 is 2.00 bits per heavy atom. The lowest BCUT2D eigenvalue weighted by Gasteiger charge is -2.24. The fraction of sp³-hybridized carbons (Fsp3) is 0.333. The topological polar surface area (TPSA) is 53.4 Å². The highest BCUT2D eigenvalue weighted by molar-refractivity contribution is 5.94. The Balaban J connectivity index is 1.96. The van der Waals surface area contributed by atoms with E-state index in [0.717, 1.165) is 18.7 Å². The van der Waals surface area contributed by atoms with Crippen molar-refractivity contribution in [2.24, 2.45) is 0 Å². The molecule has 1 unspecified atom stereocenters. The molecule has 1 saturated heterocycles. The zero-order chi connectivity index (χ0) is 15.5. The minimum atomic E-state index is -0.943. The second-order valence-corrected chi connectivity index (χ2v) is 5.75. The molecule has 1 aliphatic heterocycles. The summed E-state index contributed by atoms with van der Waals surface area (Å²) in [7, 11) is 0. The summed E-state index contributed by atoms with van der Waals surface area (Å²) in [5.41, 5.74) is 2.85. The van der Waals surface area contributed by atoms with Crippen molar-refractivity contribution in [1.29, 1.82) is 0 Å². The highest BCUT2D eigenvalue weighted by atomic mass is 16.4. The van der Waals surface area contributed by atoms with Crippen molar-refractivity contribution in [3.05, 3.63) is 53.7 Å². The smallest absolute Gasteiger partial charge is 0.337 e. The Bertz CT molecular complexity index is 678. The molecular formula is C18H20N2O2. The number of aromatic carboxylic acids is 1. The molecule has 1 aliphatic rings. The molecule has 22 heavy (non-hydrogen) atoms. The summed E-state index contributed by atoms with van der Waals surface area (Å²) >= 11 is 0. The second kappa shape index (κ2) is 6.28. The summed E-state index contributed by atoms with van der Waals surface area (Å²) in [4.78, 5) is 18.1. The maximum absolute atomic E-state index is 11.4. The van der Waals surface area contributed by atoms with E-state index in [1.54, 1.807) is 18.3 Å². The van der Waals surface area contributed by atoms with Crippen LogP contribution in [-0.4, -0.2) is 34.0 Å². The third-order valence-electron chi connectivity index (χ3n) is 4.37. The van der Waals surface area contributed by atoms with E-state index in [2.05, 4.69) is 28.9 Å². The van der Waals surface area contributed by atoms with E-state index in [9.17, 15) is 9.90 Å². The van der Waals surface area contributed by atoms with Gasteiger partial charge < -0.3 is 5.11 Å². The van der Waals surface area contributed by atoms with E-state index in [1.807, 2.05) is 12.1 Å². The molecule has 1 aromatic carbocycles. The van der Waals surface area contributed by atoms with Gasteiger partial charge in [0.05, 0.1) is 11.3 Å². The third-order valence-corrected chi connectivity index (χ3v) is 4.37. The van der Waals surface area contributed by atoms with Gasteiger partial charge in [0.2, 0.25) is 0 Å². The van der Waals surface area contributed by atoms with Gasteiger partial charge in [-0.15, -0.1) is 0 Å².